The van der Waals surface area contributed by atoms with Gasteiger partial charge in [0.05, 0.1) is 6.42 Å². The van der Waals surface area contributed by atoms with Crippen molar-refractivity contribution in [3.63, 3.8) is 0 Å². The van der Waals surface area contributed by atoms with Crippen LogP contribution in [-0.4, -0.2) is 81.7 Å². The summed E-state index contributed by atoms with van der Waals surface area (Å²) in [5.74, 6) is 0.564. The lowest BCUT2D eigenvalue weighted by Gasteiger charge is -2.30. The maximum absolute atomic E-state index is 12.6. The van der Waals surface area contributed by atoms with Crippen LogP contribution in [0, 0.1) is 5.92 Å². The molecule has 0 atom stereocenters. The summed E-state index contributed by atoms with van der Waals surface area (Å²) in [5, 5.41) is 10.7. The number of hydrogen-bond acceptors (Lipinski definition) is 6. The first kappa shape index (κ1) is 29.6. The predicted molar refractivity (Wildman–Crippen MR) is 154 cm³/mol. The van der Waals surface area contributed by atoms with Gasteiger partial charge in [0.1, 0.15) is 0 Å². The van der Waals surface area contributed by atoms with Crippen LogP contribution in [-0.2, 0) is 4.79 Å². The van der Waals surface area contributed by atoms with Gasteiger partial charge in [0.2, 0.25) is 11.9 Å². The molecule has 224 valence electrons. The number of alkyl halides is 3. The highest BCUT2D eigenvalue weighted by atomic mass is 19.4. The molecule has 1 aromatic carbocycles. The summed E-state index contributed by atoms with van der Waals surface area (Å²) >= 11 is 0. The molecule has 2 N–H and O–H groups in total. The second kappa shape index (κ2) is 12.9. The highest BCUT2D eigenvalue weighted by Gasteiger charge is 2.29. The Morgan fingerprint density at radius 1 is 1.07 bits per heavy atom. The highest BCUT2D eigenvalue weighted by molar-refractivity contribution is 5.94. The van der Waals surface area contributed by atoms with Crippen LogP contribution in [0.15, 0.2) is 48.7 Å². The average molecular weight is 584 g/mol. The normalized spacial score (nSPS) is 16.9. The minimum atomic E-state index is -4.34. The monoisotopic (exact) mass is 583 g/mol. The van der Waals surface area contributed by atoms with E-state index < -0.39 is 24.9 Å². The summed E-state index contributed by atoms with van der Waals surface area (Å²) in [6, 6.07) is 10.9. The Balaban J connectivity index is 1.16. The number of carbonyl (C=O) groups excluding carboxylic acids is 2. The Bertz CT molecular complexity index is 1430. The molecule has 12 heteroatoms. The fourth-order valence-corrected chi connectivity index (χ4v) is 5.31. The Hall–Kier alpha value is -3.93. The molecule has 2 aromatic heterocycles. The van der Waals surface area contributed by atoms with E-state index in [4.69, 9.17) is 0 Å². The smallest absolute Gasteiger partial charge is 0.351 e. The number of aromatic nitrogens is 3. The maximum Gasteiger partial charge on any atom is 0.389 e. The van der Waals surface area contributed by atoms with E-state index in [0.717, 1.165) is 42.4 Å². The zero-order valence-electron chi connectivity index (χ0n) is 23.7. The third-order valence-electron chi connectivity index (χ3n) is 7.89. The molecule has 0 saturated carbocycles. The SMILES string of the molecule is CC1CCN(CCNC(=O)c2ccc(Nc3nc4c(C5=CCN(C(=O)CCC(F)(F)F)CC5)cccn4n3)cc2)CC1. The van der Waals surface area contributed by atoms with Crippen LogP contribution in [0.4, 0.5) is 24.8 Å². The minimum Gasteiger partial charge on any atom is -0.351 e. The van der Waals surface area contributed by atoms with Gasteiger partial charge in [-0.05, 0) is 80.2 Å². The van der Waals surface area contributed by atoms with Crippen LogP contribution in [0.3, 0.4) is 0 Å². The van der Waals surface area contributed by atoms with Gasteiger partial charge in [0.15, 0.2) is 5.65 Å². The van der Waals surface area contributed by atoms with Crippen LogP contribution >= 0.6 is 0 Å². The van der Waals surface area contributed by atoms with Gasteiger partial charge in [0.25, 0.3) is 5.91 Å². The number of piperidine rings is 1. The third kappa shape index (κ3) is 7.67. The number of anilines is 2. The molecular formula is C30H36F3N7O2. The summed E-state index contributed by atoms with van der Waals surface area (Å²) < 4.78 is 39.1. The molecule has 9 nitrogen and oxygen atoms in total. The molecule has 0 radical (unpaired) electrons. The van der Waals surface area contributed by atoms with E-state index in [1.165, 1.54) is 17.7 Å². The fraction of sp³-hybridized carbons (Fsp3) is 0.467. The quantitative estimate of drug-likeness (QED) is 0.373. The van der Waals surface area contributed by atoms with Gasteiger partial charge in [0, 0.05) is 55.6 Å². The van der Waals surface area contributed by atoms with E-state index in [0.29, 0.717) is 36.7 Å². The van der Waals surface area contributed by atoms with Gasteiger partial charge in [-0.25, -0.2) is 4.52 Å². The zero-order valence-corrected chi connectivity index (χ0v) is 23.7. The average Bonchev–Trinajstić information content (AvgIpc) is 3.39. The summed E-state index contributed by atoms with van der Waals surface area (Å²) in [5.41, 5.74) is 3.75. The number of amides is 2. The van der Waals surface area contributed by atoms with Gasteiger partial charge in [-0.3, -0.25) is 9.59 Å². The van der Waals surface area contributed by atoms with Crippen molar-refractivity contribution in [1.82, 2.24) is 29.7 Å². The first-order valence-electron chi connectivity index (χ1n) is 14.4. The topological polar surface area (TPSA) is 94.9 Å². The van der Waals surface area contributed by atoms with Crippen molar-refractivity contribution < 1.29 is 22.8 Å². The van der Waals surface area contributed by atoms with E-state index in [-0.39, 0.29) is 12.5 Å². The molecular weight excluding hydrogens is 547 g/mol. The molecule has 1 saturated heterocycles. The largest absolute Gasteiger partial charge is 0.389 e. The number of carbonyl (C=O) groups is 2. The number of nitrogens with one attached hydrogen (secondary N) is 2. The van der Waals surface area contributed by atoms with Gasteiger partial charge < -0.3 is 20.4 Å². The molecule has 2 aliphatic rings. The van der Waals surface area contributed by atoms with Crippen LogP contribution in [0.1, 0.15) is 54.9 Å². The Labute approximate surface area is 242 Å². The number of nitrogens with zero attached hydrogens (tertiary/aromatic N) is 5. The number of benzene rings is 1. The summed E-state index contributed by atoms with van der Waals surface area (Å²) in [6.07, 6.45) is 0.584. The lowest BCUT2D eigenvalue weighted by molar-refractivity contribution is -0.148. The number of halogens is 3. The summed E-state index contributed by atoms with van der Waals surface area (Å²) in [7, 11) is 0. The van der Waals surface area contributed by atoms with Crippen molar-refractivity contribution >= 4 is 34.7 Å². The number of rotatable bonds is 9. The Kier molecular flexibility index (Phi) is 9.10. The van der Waals surface area contributed by atoms with Crippen molar-refractivity contribution in [2.75, 3.05) is 44.6 Å². The van der Waals surface area contributed by atoms with Crippen molar-refractivity contribution in [3.05, 3.63) is 59.8 Å². The Morgan fingerprint density at radius 2 is 1.83 bits per heavy atom. The first-order chi connectivity index (χ1) is 20.1. The number of pyridine rings is 1. The van der Waals surface area contributed by atoms with Gasteiger partial charge >= 0.3 is 6.18 Å². The Morgan fingerprint density at radius 3 is 2.52 bits per heavy atom. The van der Waals surface area contributed by atoms with Gasteiger partial charge in [-0.15, -0.1) is 5.10 Å². The molecule has 1 fully saturated rings. The van der Waals surface area contributed by atoms with Crippen LogP contribution in [0.25, 0.3) is 11.2 Å². The van der Waals surface area contributed by atoms with Crippen molar-refractivity contribution in [1.29, 1.82) is 0 Å². The predicted octanol–water partition coefficient (Wildman–Crippen LogP) is 4.89. The lowest BCUT2D eigenvalue weighted by atomic mass is 9.99. The fourth-order valence-electron chi connectivity index (χ4n) is 5.31. The first-order valence-corrected chi connectivity index (χ1v) is 14.4. The van der Waals surface area contributed by atoms with E-state index in [9.17, 15) is 22.8 Å². The van der Waals surface area contributed by atoms with E-state index in [1.807, 2.05) is 30.3 Å². The number of fused-ring (bicyclic) bond motifs is 1. The zero-order chi connectivity index (χ0) is 29.7. The number of likely N-dealkylation sites (tertiary alicyclic amines) is 1. The summed E-state index contributed by atoms with van der Waals surface area (Å²) in [4.78, 5) is 33.3. The summed E-state index contributed by atoms with van der Waals surface area (Å²) in [6.45, 7) is 6.53. The van der Waals surface area contributed by atoms with E-state index in [2.05, 4.69) is 32.5 Å². The van der Waals surface area contributed by atoms with Crippen LogP contribution < -0.4 is 10.6 Å². The van der Waals surface area contributed by atoms with Crippen molar-refractivity contribution in [2.24, 2.45) is 5.92 Å². The standard InChI is InChI=1S/C30H36F3N7O2/c1-21-9-16-38(17-10-21)20-14-34-28(42)23-4-6-24(7-5-23)35-29-36-27-25(3-2-15-40(27)37-29)22-11-18-39(19-12-22)26(41)8-13-30(31,32)33/h2-7,11,15,21H,8-10,12-14,16-20H2,1H3,(H,34,42)(H,35,37). The third-order valence-corrected chi connectivity index (χ3v) is 7.89. The van der Waals surface area contributed by atoms with Crippen LogP contribution in [0.2, 0.25) is 0 Å². The highest BCUT2D eigenvalue weighted by Crippen LogP contribution is 2.28. The number of hydrogen-bond donors (Lipinski definition) is 2. The second-order valence-corrected chi connectivity index (χ2v) is 11.0. The van der Waals surface area contributed by atoms with E-state index >= 15 is 0 Å². The van der Waals surface area contributed by atoms with Crippen LogP contribution in [0.5, 0.6) is 0 Å². The molecule has 42 heavy (non-hydrogen) atoms. The molecule has 3 aromatic rings. The molecule has 4 heterocycles. The van der Waals surface area contributed by atoms with Gasteiger partial charge in [-0.1, -0.05) is 13.0 Å². The minimum absolute atomic E-state index is 0.108. The van der Waals surface area contributed by atoms with Crippen molar-refractivity contribution in [2.45, 2.75) is 45.2 Å². The maximum atomic E-state index is 12.6. The molecule has 0 spiro atoms. The molecule has 2 aliphatic heterocycles. The second-order valence-electron chi connectivity index (χ2n) is 11.0. The molecule has 0 unspecified atom stereocenters. The lowest BCUT2D eigenvalue weighted by Crippen LogP contribution is -2.39. The molecule has 2 amide bonds. The van der Waals surface area contributed by atoms with Gasteiger partial charge in [-0.2, -0.15) is 18.2 Å². The molecule has 5 rings (SSSR count). The molecule has 0 aliphatic carbocycles. The van der Waals surface area contributed by atoms with Crippen molar-refractivity contribution in [3.8, 4) is 0 Å². The molecule has 0 bridgehead atoms. The van der Waals surface area contributed by atoms with E-state index in [1.54, 1.807) is 22.8 Å².